The van der Waals surface area contributed by atoms with E-state index < -0.39 is 11.8 Å². The summed E-state index contributed by atoms with van der Waals surface area (Å²) in [5.74, 6) is -0.916. The summed E-state index contributed by atoms with van der Waals surface area (Å²) in [6.07, 6.45) is 0. The minimum atomic E-state index is -0.474. The van der Waals surface area contributed by atoms with Gasteiger partial charge in [-0.25, -0.2) is 9.18 Å². The van der Waals surface area contributed by atoms with Crippen molar-refractivity contribution in [1.82, 2.24) is 0 Å². The molecule has 3 rings (SSSR count). The summed E-state index contributed by atoms with van der Waals surface area (Å²) in [4.78, 5) is 13.7. The molecule has 0 bridgehead atoms. The maximum absolute atomic E-state index is 14.3. The number of carbonyl (C=O) groups excluding carboxylic acids is 1. The van der Waals surface area contributed by atoms with Crippen molar-refractivity contribution in [1.29, 1.82) is 0 Å². The van der Waals surface area contributed by atoms with Gasteiger partial charge in [-0.2, -0.15) is 0 Å². The third-order valence-electron chi connectivity index (χ3n) is 4.10. The molecule has 156 valence electrons. The average molecular weight is 572 g/mol. The minimum Gasteiger partial charge on any atom is -0.462 e. The fraction of sp³-hybridized carbons (Fsp3) is 0.143. The first-order valence-electron chi connectivity index (χ1n) is 8.90. The summed E-state index contributed by atoms with van der Waals surface area (Å²) in [5, 5.41) is 6.58. The second kappa shape index (κ2) is 10.00. The van der Waals surface area contributed by atoms with Crippen LogP contribution in [0.25, 0.3) is 11.1 Å². The maximum atomic E-state index is 14.3. The summed E-state index contributed by atoms with van der Waals surface area (Å²) in [6.45, 7) is 3.94. The lowest BCUT2D eigenvalue weighted by molar-refractivity contribution is 0.0529. The Morgan fingerprint density at radius 2 is 1.90 bits per heavy atom. The van der Waals surface area contributed by atoms with Crippen LogP contribution >= 0.6 is 55.4 Å². The van der Waals surface area contributed by atoms with Crippen molar-refractivity contribution in [3.05, 3.63) is 67.7 Å². The van der Waals surface area contributed by atoms with Crippen molar-refractivity contribution in [3.8, 4) is 11.1 Å². The molecule has 30 heavy (non-hydrogen) atoms. The van der Waals surface area contributed by atoms with Crippen LogP contribution in [0.15, 0.2) is 51.4 Å². The molecule has 0 fully saturated rings. The number of benzene rings is 2. The Morgan fingerprint density at radius 1 is 1.20 bits per heavy atom. The van der Waals surface area contributed by atoms with Gasteiger partial charge in [0.05, 0.1) is 12.3 Å². The van der Waals surface area contributed by atoms with Crippen molar-refractivity contribution >= 4 is 77.2 Å². The molecule has 0 aliphatic rings. The Morgan fingerprint density at radius 3 is 2.53 bits per heavy atom. The number of halogens is 3. The molecule has 0 atom stereocenters. The molecule has 9 heteroatoms. The molecule has 0 spiro atoms. The first kappa shape index (κ1) is 22.9. The van der Waals surface area contributed by atoms with Gasteiger partial charge in [-0.1, -0.05) is 46.3 Å². The van der Waals surface area contributed by atoms with Crippen LogP contribution in [0.1, 0.15) is 22.2 Å². The van der Waals surface area contributed by atoms with E-state index in [1.807, 2.05) is 37.3 Å². The van der Waals surface area contributed by atoms with Gasteiger partial charge in [-0.3, -0.25) is 0 Å². The van der Waals surface area contributed by atoms with Gasteiger partial charge in [0.15, 0.2) is 5.11 Å². The Balaban J connectivity index is 1.96. The third-order valence-corrected chi connectivity index (χ3v) is 6.41. The molecular formula is C21H17Br2FN2O2S2. The molecular weight excluding hydrogens is 555 g/mol. The summed E-state index contributed by atoms with van der Waals surface area (Å²) < 4.78 is 20.7. The summed E-state index contributed by atoms with van der Waals surface area (Å²) >= 11 is 13.3. The van der Waals surface area contributed by atoms with Gasteiger partial charge in [-0.15, -0.1) is 11.3 Å². The number of esters is 1. The minimum absolute atomic E-state index is 0.156. The number of nitrogens with one attached hydrogen (secondary N) is 2. The van der Waals surface area contributed by atoms with E-state index in [9.17, 15) is 9.18 Å². The van der Waals surface area contributed by atoms with Crippen molar-refractivity contribution in [2.24, 2.45) is 0 Å². The average Bonchev–Trinajstić information content (AvgIpc) is 3.01. The number of thiocarbonyl (C=S) groups is 1. The molecule has 3 aromatic rings. The number of aryl methyl sites for hydroxylation is 1. The lowest BCUT2D eigenvalue weighted by Crippen LogP contribution is -2.21. The first-order chi connectivity index (χ1) is 14.3. The molecule has 2 N–H and O–H groups in total. The molecule has 0 aliphatic heterocycles. The van der Waals surface area contributed by atoms with Gasteiger partial charge in [0.25, 0.3) is 0 Å². The number of carbonyl (C=O) groups is 1. The highest BCUT2D eigenvalue weighted by atomic mass is 79.9. The third kappa shape index (κ3) is 5.08. The number of hydrogen-bond donors (Lipinski definition) is 2. The fourth-order valence-corrected chi connectivity index (χ4v) is 5.50. The van der Waals surface area contributed by atoms with Crippen LogP contribution in [-0.4, -0.2) is 17.7 Å². The predicted molar refractivity (Wildman–Crippen MR) is 132 cm³/mol. The quantitative estimate of drug-likeness (QED) is 0.247. The highest BCUT2D eigenvalue weighted by molar-refractivity contribution is 9.11. The SMILES string of the molecule is CCOC(=O)c1c(NC(=S)Nc2c(F)cc(Br)cc2Br)sc(C)c1-c1ccccc1. The molecule has 0 saturated carbocycles. The van der Waals surface area contributed by atoms with Gasteiger partial charge in [0, 0.05) is 19.4 Å². The van der Waals surface area contributed by atoms with Crippen molar-refractivity contribution < 1.29 is 13.9 Å². The van der Waals surface area contributed by atoms with E-state index in [0.29, 0.717) is 19.5 Å². The largest absolute Gasteiger partial charge is 0.462 e. The van der Waals surface area contributed by atoms with Gasteiger partial charge >= 0.3 is 5.97 Å². The Bertz CT molecular complexity index is 1080. The second-order valence-electron chi connectivity index (χ2n) is 6.15. The highest BCUT2D eigenvalue weighted by Crippen LogP contribution is 2.40. The Hall–Kier alpha value is -1.81. The molecule has 0 amide bonds. The highest BCUT2D eigenvalue weighted by Gasteiger charge is 2.25. The smallest absolute Gasteiger partial charge is 0.341 e. The van der Waals surface area contributed by atoms with Crippen LogP contribution < -0.4 is 10.6 Å². The lowest BCUT2D eigenvalue weighted by Gasteiger charge is -2.13. The van der Waals surface area contributed by atoms with Crippen LogP contribution in [0.3, 0.4) is 0 Å². The van der Waals surface area contributed by atoms with Crippen LogP contribution in [-0.2, 0) is 4.74 Å². The first-order valence-corrected chi connectivity index (χ1v) is 11.7. The molecule has 0 aliphatic carbocycles. The van der Waals surface area contributed by atoms with Crippen LogP contribution in [0.2, 0.25) is 0 Å². The van der Waals surface area contributed by atoms with E-state index in [0.717, 1.165) is 16.0 Å². The van der Waals surface area contributed by atoms with Crippen LogP contribution in [0.4, 0.5) is 15.1 Å². The monoisotopic (exact) mass is 570 g/mol. The number of rotatable bonds is 5. The van der Waals surface area contributed by atoms with E-state index in [1.165, 1.54) is 17.4 Å². The topological polar surface area (TPSA) is 50.4 Å². The Labute approximate surface area is 200 Å². The van der Waals surface area contributed by atoms with E-state index in [1.54, 1.807) is 13.0 Å². The number of anilines is 2. The molecule has 1 aromatic heterocycles. The maximum Gasteiger partial charge on any atom is 0.341 e. The molecule has 1 heterocycles. The van der Waals surface area contributed by atoms with Crippen molar-refractivity contribution in [2.45, 2.75) is 13.8 Å². The van der Waals surface area contributed by atoms with E-state index in [-0.39, 0.29) is 17.4 Å². The molecule has 0 saturated heterocycles. The standard InChI is InChI=1S/C21H17Br2FN2O2S2/c1-3-28-20(27)17-16(12-7-5-4-6-8-12)11(2)30-19(17)26-21(29)25-18-14(23)9-13(22)10-15(18)24/h4-10H,3H2,1-2H3,(H2,25,26,29). The van der Waals surface area contributed by atoms with Crippen LogP contribution in [0.5, 0.6) is 0 Å². The zero-order valence-corrected chi connectivity index (χ0v) is 20.8. The second-order valence-corrected chi connectivity index (χ2v) is 9.55. The summed E-state index contributed by atoms with van der Waals surface area (Å²) in [6, 6.07) is 12.7. The van der Waals surface area contributed by atoms with E-state index in [2.05, 4.69) is 42.5 Å². The van der Waals surface area contributed by atoms with E-state index >= 15 is 0 Å². The molecule has 4 nitrogen and oxygen atoms in total. The normalized spacial score (nSPS) is 10.6. The van der Waals surface area contributed by atoms with Gasteiger partial charge < -0.3 is 15.4 Å². The van der Waals surface area contributed by atoms with Gasteiger partial charge in [0.2, 0.25) is 0 Å². The zero-order chi connectivity index (χ0) is 21.8. The molecule has 0 unspecified atom stereocenters. The molecule has 0 radical (unpaired) electrons. The summed E-state index contributed by atoms with van der Waals surface area (Å²) in [5.41, 5.74) is 2.30. The Kier molecular flexibility index (Phi) is 7.62. The number of ether oxygens (including phenoxy) is 1. The zero-order valence-electron chi connectivity index (χ0n) is 16.0. The molecule has 2 aromatic carbocycles. The number of hydrogen-bond acceptors (Lipinski definition) is 4. The van der Waals surface area contributed by atoms with Gasteiger partial charge in [-0.05, 0) is 59.7 Å². The van der Waals surface area contributed by atoms with Crippen molar-refractivity contribution in [3.63, 3.8) is 0 Å². The lowest BCUT2D eigenvalue weighted by atomic mass is 10.0. The van der Waals surface area contributed by atoms with Gasteiger partial charge in [0.1, 0.15) is 16.4 Å². The fourth-order valence-electron chi connectivity index (χ4n) is 2.89. The van der Waals surface area contributed by atoms with E-state index in [4.69, 9.17) is 17.0 Å². The number of thiophene rings is 1. The predicted octanol–water partition coefficient (Wildman–Crippen LogP) is 7.37. The van der Waals surface area contributed by atoms with Crippen molar-refractivity contribution in [2.75, 3.05) is 17.2 Å². The van der Waals surface area contributed by atoms with Crippen LogP contribution in [0, 0.1) is 12.7 Å². The summed E-state index contributed by atoms with van der Waals surface area (Å²) in [7, 11) is 0.